The average Bonchev–Trinajstić information content (AvgIpc) is 2.56. The molecule has 1 aliphatic rings. The summed E-state index contributed by atoms with van der Waals surface area (Å²) in [6.45, 7) is 8.07. The number of primary amides is 1. The van der Waals surface area contributed by atoms with Crippen LogP contribution >= 0.6 is 0 Å². The molecule has 1 aliphatic heterocycles. The highest BCUT2D eigenvalue weighted by atomic mass is 16.7. The van der Waals surface area contributed by atoms with Crippen molar-refractivity contribution in [3.8, 4) is 0 Å². The quantitative estimate of drug-likeness (QED) is 0.860. The maximum atomic E-state index is 11.0. The summed E-state index contributed by atoms with van der Waals surface area (Å²) in [5, 5.41) is 0. The second-order valence-corrected chi connectivity index (χ2v) is 5.97. The van der Waals surface area contributed by atoms with Crippen LogP contribution in [0, 0.1) is 0 Å². The first-order chi connectivity index (χ1) is 9.21. The second-order valence-electron chi connectivity index (χ2n) is 5.97. The number of benzene rings is 1. The predicted molar refractivity (Wildman–Crippen MR) is 80.1 cm³/mol. The molecule has 0 aromatic heterocycles. The molecule has 2 N–H and O–H groups in total. The van der Waals surface area contributed by atoms with Crippen molar-refractivity contribution in [2.75, 3.05) is 0 Å². The zero-order chi connectivity index (χ0) is 15.0. The lowest BCUT2D eigenvalue weighted by Crippen LogP contribution is -2.41. The fourth-order valence-corrected chi connectivity index (χ4v) is 1.92. The van der Waals surface area contributed by atoms with Crippen molar-refractivity contribution in [3.63, 3.8) is 0 Å². The van der Waals surface area contributed by atoms with Crippen LogP contribution in [0.2, 0.25) is 0 Å². The highest BCUT2D eigenvalue weighted by Crippen LogP contribution is 2.36. The molecule has 0 unspecified atom stereocenters. The fraction of sp³-hybridized carbons (Fsp3) is 0.400. The number of nitrogens with two attached hydrogens (primary N) is 1. The Morgan fingerprint density at radius 3 is 2.05 bits per heavy atom. The van der Waals surface area contributed by atoms with Gasteiger partial charge in [-0.2, -0.15) is 0 Å². The molecule has 0 aliphatic carbocycles. The van der Waals surface area contributed by atoms with E-state index in [1.807, 2.05) is 51.9 Å². The van der Waals surface area contributed by atoms with Gasteiger partial charge in [0.15, 0.2) is 0 Å². The minimum absolute atomic E-state index is 0.335. The molecule has 0 atom stereocenters. The van der Waals surface area contributed by atoms with Gasteiger partial charge in [0.25, 0.3) is 0 Å². The van der Waals surface area contributed by atoms with Crippen LogP contribution in [0.1, 0.15) is 43.6 Å². The van der Waals surface area contributed by atoms with E-state index in [1.54, 1.807) is 12.1 Å². The lowest BCUT2D eigenvalue weighted by Gasteiger charge is -2.32. The van der Waals surface area contributed by atoms with E-state index in [4.69, 9.17) is 15.0 Å². The second kappa shape index (κ2) is 5.07. The Bertz CT molecular complexity index is 519. The summed E-state index contributed by atoms with van der Waals surface area (Å²) in [5.41, 5.74) is 5.99. The Morgan fingerprint density at radius 2 is 1.60 bits per heavy atom. The number of hydrogen-bond donors (Lipinski definition) is 1. The van der Waals surface area contributed by atoms with E-state index in [0.717, 1.165) is 5.56 Å². The van der Waals surface area contributed by atoms with Gasteiger partial charge in [-0.1, -0.05) is 24.2 Å². The van der Waals surface area contributed by atoms with Crippen molar-refractivity contribution in [1.29, 1.82) is 0 Å². The molecule has 106 valence electrons. The zero-order valence-electron chi connectivity index (χ0n) is 12.3. The number of rotatable bonds is 3. The van der Waals surface area contributed by atoms with E-state index in [9.17, 15) is 4.79 Å². The Kier molecular flexibility index (Phi) is 3.76. The van der Waals surface area contributed by atoms with Crippen LogP contribution < -0.4 is 5.73 Å². The van der Waals surface area contributed by atoms with Gasteiger partial charge in [-0.25, -0.2) is 0 Å². The van der Waals surface area contributed by atoms with Gasteiger partial charge in [-0.3, -0.25) is 4.79 Å². The molecule has 0 saturated carbocycles. The predicted octanol–water partition coefficient (Wildman–Crippen LogP) is 2.43. The lowest BCUT2D eigenvalue weighted by molar-refractivity contribution is 0.00578. The molecule has 4 nitrogen and oxygen atoms in total. The minimum atomic E-state index is -0.425. The van der Waals surface area contributed by atoms with Crippen LogP contribution in [0.3, 0.4) is 0 Å². The van der Waals surface area contributed by atoms with Crippen molar-refractivity contribution in [3.05, 3.63) is 41.4 Å². The van der Waals surface area contributed by atoms with E-state index in [-0.39, 0.29) is 18.3 Å². The maximum absolute atomic E-state index is 11.0. The van der Waals surface area contributed by atoms with Crippen molar-refractivity contribution < 1.29 is 14.1 Å². The Balaban J connectivity index is 2.06. The van der Waals surface area contributed by atoms with Crippen molar-refractivity contribution >= 4 is 19.1 Å². The Labute approximate surface area is 120 Å². The largest absolute Gasteiger partial charge is 0.487 e. The van der Waals surface area contributed by atoms with Crippen LogP contribution in [0.25, 0.3) is 6.08 Å². The molecule has 1 aromatic rings. The molecule has 1 amide bonds. The fourth-order valence-electron chi connectivity index (χ4n) is 1.92. The monoisotopic (exact) mass is 273 g/mol. The normalized spacial score (nSPS) is 20.5. The molecule has 1 fully saturated rings. The van der Waals surface area contributed by atoms with E-state index in [0.29, 0.717) is 5.56 Å². The first-order valence-electron chi connectivity index (χ1n) is 6.65. The summed E-state index contributed by atoms with van der Waals surface area (Å²) >= 11 is 0. The van der Waals surface area contributed by atoms with Crippen LogP contribution in [0.5, 0.6) is 0 Å². The summed E-state index contributed by atoms with van der Waals surface area (Å²) in [6, 6.07) is 7.07. The number of carbonyl (C=O) groups is 1. The highest BCUT2D eigenvalue weighted by Gasteiger charge is 2.49. The van der Waals surface area contributed by atoms with Crippen LogP contribution in [-0.4, -0.2) is 24.2 Å². The van der Waals surface area contributed by atoms with Crippen LogP contribution in [0.15, 0.2) is 30.2 Å². The first-order valence-corrected chi connectivity index (χ1v) is 6.65. The van der Waals surface area contributed by atoms with Crippen molar-refractivity contribution in [1.82, 2.24) is 0 Å². The number of hydrogen-bond acceptors (Lipinski definition) is 3. The first kappa shape index (κ1) is 14.8. The molecule has 1 heterocycles. The number of amides is 1. The van der Waals surface area contributed by atoms with E-state index >= 15 is 0 Å². The van der Waals surface area contributed by atoms with E-state index in [1.165, 1.54) is 0 Å². The third-order valence-corrected chi connectivity index (χ3v) is 3.91. The molecule has 2 rings (SSSR count). The average molecular weight is 273 g/mol. The summed E-state index contributed by atoms with van der Waals surface area (Å²) in [4.78, 5) is 11.0. The van der Waals surface area contributed by atoms with Gasteiger partial charge in [-0.05, 0) is 45.4 Å². The molecule has 1 aromatic carbocycles. The minimum Gasteiger partial charge on any atom is -0.400 e. The van der Waals surface area contributed by atoms with Gasteiger partial charge in [0.1, 0.15) is 0 Å². The molecule has 1 saturated heterocycles. The van der Waals surface area contributed by atoms with Gasteiger partial charge in [0, 0.05) is 5.56 Å². The van der Waals surface area contributed by atoms with Gasteiger partial charge in [0.2, 0.25) is 5.91 Å². The molecule has 5 heteroatoms. The molecule has 0 spiro atoms. The standard InChI is InChI=1S/C15H20BNO3/c1-14(2)15(3,4)20-16(19-14)10-9-11-5-7-12(8-6-11)13(17)18/h5-10H,1-4H3,(H2,17,18)/b10-9+. The SMILES string of the molecule is CC1(C)OB(/C=C/c2ccc(C(N)=O)cc2)OC1(C)C. The lowest BCUT2D eigenvalue weighted by atomic mass is 9.89. The molecular formula is C15H20BNO3. The summed E-state index contributed by atoms with van der Waals surface area (Å²) in [5.74, 6) is 1.45. The summed E-state index contributed by atoms with van der Waals surface area (Å²) < 4.78 is 11.7. The van der Waals surface area contributed by atoms with Crippen molar-refractivity contribution in [2.24, 2.45) is 5.73 Å². The molecular weight excluding hydrogens is 253 g/mol. The molecule has 20 heavy (non-hydrogen) atoms. The third-order valence-electron chi connectivity index (χ3n) is 3.91. The molecule has 0 radical (unpaired) electrons. The number of carbonyl (C=O) groups excluding carboxylic acids is 1. The summed E-state index contributed by atoms with van der Waals surface area (Å²) in [6.07, 6.45) is 1.91. The Hall–Kier alpha value is -1.59. The van der Waals surface area contributed by atoms with Gasteiger partial charge in [0.05, 0.1) is 11.2 Å². The highest BCUT2D eigenvalue weighted by molar-refractivity contribution is 6.52. The zero-order valence-corrected chi connectivity index (χ0v) is 12.3. The van der Waals surface area contributed by atoms with E-state index < -0.39 is 5.91 Å². The van der Waals surface area contributed by atoms with Crippen LogP contribution in [0.4, 0.5) is 0 Å². The van der Waals surface area contributed by atoms with Gasteiger partial charge in [-0.15, -0.1) is 0 Å². The topological polar surface area (TPSA) is 61.5 Å². The van der Waals surface area contributed by atoms with E-state index in [2.05, 4.69) is 0 Å². The Morgan fingerprint density at radius 1 is 1.10 bits per heavy atom. The third kappa shape index (κ3) is 2.94. The van der Waals surface area contributed by atoms with Crippen LogP contribution in [-0.2, 0) is 9.31 Å². The van der Waals surface area contributed by atoms with Crippen molar-refractivity contribution in [2.45, 2.75) is 38.9 Å². The maximum Gasteiger partial charge on any atom is 0.487 e. The van der Waals surface area contributed by atoms with Gasteiger partial charge < -0.3 is 15.0 Å². The smallest absolute Gasteiger partial charge is 0.400 e. The summed E-state index contributed by atoms with van der Waals surface area (Å²) in [7, 11) is -0.365. The van der Waals surface area contributed by atoms with Gasteiger partial charge >= 0.3 is 7.12 Å². The molecule has 0 bridgehead atoms.